The lowest BCUT2D eigenvalue weighted by Gasteiger charge is -2.03. The lowest BCUT2D eigenvalue weighted by Crippen LogP contribution is -2.02. The molecule has 0 radical (unpaired) electrons. The molecule has 2 rings (SSSR count). The molecule has 1 heterocycles. The molecule has 1 unspecified atom stereocenters. The van der Waals surface area contributed by atoms with Crippen molar-refractivity contribution in [2.75, 3.05) is 7.11 Å². The van der Waals surface area contributed by atoms with E-state index in [1.54, 1.807) is 7.11 Å². The zero-order chi connectivity index (χ0) is 13.0. The Morgan fingerprint density at radius 1 is 1.33 bits per heavy atom. The molecule has 0 amide bonds. The minimum Gasteiger partial charge on any atom is -0.497 e. The summed E-state index contributed by atoms with van der Waals surface area (Å²) in [4.78, 5) is 0.243. The van der Waals surface area contributed by atoms with Gasteiger partial charge in [0.05, 0.1) is 17.6 Å². The van der Waals surface area contributed by atoms with Crippen molar-refractivity contribution >= 4 is 15.9 Å². The van der Waals surface area contributed by atoms with Crippen LogP contribution in [0.3, 0.4) is 0 Å². The Hall–Kier alpha value is -1.36. The fraction of sp³-hybridized carbons (Fsp3) is 0.385. The lowest BCUT2D eigenvalue weighted by atomic mass is 10.1. The largest absolute Gasteiger partial charge is 0.497 e. The third-order valence-corrected chi connectivity index (χ3v) is 3.22. The molecule has 2 aromatic rings. The van der Waals surface area contributed by atoms with Crippen molar-refractivity contribution in [2.24, 2.45) is 0 Å². The topological polar surface area (TPSA) is 39.9 Å². The zero-order valence-corrected chi connectivity index (χ0v) is 12.1. The Morgan fingerprint density at radius 3 is 2.61 bits per heavy atom. The second kappa shape index (κ2) is 6.00. The van der Waals surface area contributed by atoms with Crippen molar-refractivity contribution in [2.45, 2.75) is 24.7 Å². The van der Waals surface area contributed by atoms with Crippen molar-refractivity contribution < 1.29 is 4.74 Å². The minimum atomic E-state index is 0.243. The van der Waals surface area contributed by atoms with Gasteiger partial charge >= 0.3 is 0 Å². The summed E-state index contributed by atoms with van der Waals surface area (Å²) in [5, 5.41) is 8.20. The van der Waals surface area contributed by atoms with Crippen LogP contribution in [0.25, 0.3) is 0 Å². The number of halogens is 1. The Balaban J connectivity index is 1.93. The molecular weight excluding hydrogens is 294 g/mol. The Labute approximate surface area is 115 Å². The summed E-state index contributed by atoms with van der Waals surface area (Å²) in [7, 11) is 1.67. The predicted molar refractivity (Wildman–Crippen MR) is 74.1 cm³/mol. The van der Waals surface area contributed by atoms with Crippen LogP contribution in [0, 0.1) is 0 Å². The van der Waals surface area contributed by atoms with Gasteiger partial charge in [-0.3, -0.25) is 4.68 Å². The standard InChI is InChI=1S/C13H16BrN3O/c1-10(14)13-9-17(16-15-13)8-7-11-3-5-12(18-2)6-4-11/h3-6,9-10H,7-8H2,1-2H3. The molecule has 0 saturated carbocycles. The third kappa shape index (κ3) is 3.32. The smallest absolute Gasteiger partial charge is 0.118 e. The summed E-state index contributed by atoms with van der Waals surface area (Å²) in [5.74, 6) is 0.884. The van der Waals surface area contributed by atoms with Crippen LogP contribution in [0.15, 0.2) is 30.5 Å². The number of methoxy groups -OCH3 is 1. The number of aryl methyl sites for hydroxylation is 2. The molecule has 0 saturated heterocycles. The minimum absolute atomic E-state index is 0.243. The normalized spacial score (nSPS) is 12.4. The lowest BCUT2D eigenvalue weighted by molar-refractivity contribution is 0.414. The molecule has 1 atom stereocenters. The Kier molecular flexibility index (Phi) is 4.36. The Morgan fingerprint density at radius 2 is 2.06 bits per heavy atom. The predicted octanol–water partition coefficient (Wildman–Crippen LogP) is 2.99. The van der Waals surface area contributed by atoms with Crippen LogP contribution < -0.4 is 4.74 Å². The molecule has 18 heavy (non-hydrogen) atoms. The van der Waals surface area contributed by atoms with E-state index in [4.69, 9.17) is 4.74 Å². The van der Waals surface area contributed by atoms with E-state index in [9.17, 15) is 0 Å². The average molecular weight is 310 g/mol. The van der Waals surface area contributed by atoms with Crippen LogP contribution in [-0.2, 0) is 13.0 Å². The second-order valence-electron chi connectivity index (χ2n) is 4.12. The quantitative estimate of drug-likeness (QED) is 0.797. The van der Waals surface area contributed by atoms with E-state index >= 15 is 0 Å². The van der Waals surface area contributed by atoms with E-state index in [0.717, 1.165) is 24.4 Å². The van der Waals surface area contributed by atoms with Crippen molar-refractivity contribution in [3.05, 3.63) is 41.7 Å². The first-order valence-corrected chi connectivity index (χ1v) is 6.77. The van der Waals surface area contributed by atoms with Gasteiger partial charge in [-0.1, -0.05) is 33.3 Å². The van der Waals surface area contributed by atoms with Gasteiger partial charge in [-0.05, 0) is 31.0 Å². The van der Waals surface area contributed by atoms with Crippen LogP contribution in [0.5, 0.6) is 5.75 Å². The summed E-state index contributed by atoms with van der Waals surface area (Å²) < 4.78 is 7.00. The number of aromatic nitrogens is 3. The zero-order valence-electron chi connectivity index (χ0n) is 10.5. The van der Waals surface area contributed by atoms with Gasteiger partial charge in [0.2, 0.25) is 0 Å². The van der Waals surface area contributed by atoms with E-state index in [1.165, 1.54) is 5.56 Å². The molecule has 0 spiro atoms. The Bertz CT molecular complexity index is 493. The van der Waals surface area contributed by atoms with Gasteiger partial charge in [0.1, 0.15) is 5.75 Å². The maximum Gasteiger partial charge on any atom is 0.118 e. The number of benzene rings is 1. The van der Waals surface area contributed by atoms with Crippen molar-refractivity contribution in [3.63, 3.8) is 0 Å². The van der Waals surface area contributed by atoms with Gasteiger partial charge in [-0.15, -0.1) is 5.10 Å². The van der Waals surface area contributed by atoms with Crippen LogP contribution in [0.4, 0.5) is 0 Å². The van der Waals surface area contributed by atoms with E-state index in [2.05, 4.69) is 38.4 Å². The van der Waals surface area contributed by atoms with Crippen LogP contribution in [0.1, 0.15) is 23.0 Å². The maximum absolute atomic E-state index is 5.13. The average Bonchev–Trinajstić information content (AvgIpc) is 2.86. The van der Waals surface area contributed by atoms with Gasteiger partial charge in [0.25, 0.3) is 0 Å². The number of hydrogen-bond donors (Lipinski definition) is 0. The molecule has 0 aliphatic rings. The highest BCUT2D eigenvalue weighted by molar-refractivity contribution is 9.09. The van der Waals surface area contributed by atoms with Gasteiger partial charge in [-0.2, -0.15) is 0 Å². The molecule has 0 bridgehead atoms. The molecular formula is C13H16BrN3O. The fourth-order valence-electron chi connectivity index (χ4n) is 1.64. The second-order valence-corrected chi connectivity index (χ2v) is 5.49. The summed E-state index contributed by atoms with van der Waals surface area (Å²) in [5.41, 5.74) is 2.23. The van der Waals surface area contributed by atoms with Gasteiger partial charge in [0, 0.05) is 12.7 Å². The first kappa shape index (κ1) is 13.1. The van der Waals surface area contributed by atoms with E-state index < -0.39 is 0 Å². The molecule has 1 aromatic heterocycles. The molecule has 1 aromatic carbocycles. The third-order valence-electron chi connectivity index (χ3n) is 2.75. The molecule has 0 aliphatic heterocycles. The number of rotatable bonds is 5. The summed E-state index contributed by atoms with van der Waals surface area (Å²) in [6.07, 6.45) is 2.91. The molecule has 0 fully saturated rings. The van der Waals surface area contributed by atoms with E-state index in [-0.39, 0.29) is 4.83 Å². The van der Waals surface area contributed by atoms with E-state index in [0.29, 0.717) is 0 Å². The number of hydrogen-bond acceptors (Lipinski definition) is 3. The monoisotopic (exact) mass is 309 g/mol. The van der Waals surface area contributed by atoms with Gasteiger partial charge in [-0.25, -0.2) is 0 Å². The summed E-state index contributed by atoms with van der Waals surface area (Å²) in [6.45, 7) is 2.87. The highest BCUT2D eigenvalue weighted by atomic mass is 79.9. The summed E-state index contributed by atoms with van der Waals surface area (Å²) in [6, 6.07) is 8.10. The number of alkyl halides is 1. The first-order valence-electron chi connectivity index (χ1n) is 5.86. The van der Waals surface area contributed by atoms with Gasteiger partial charge in [0.15, 0.2) is 0 Å². The SMILES string of the molecule is COc1ccc(CCn2cc(C(C)Br)nn2)cc1. The maximum atomic E-state index is 5.13. The van der Waals surface area contributed by atoms with E-state index in [1.807, 2.05) is 29.9 Å². The van der Waals surface area contributed by atoms with Crippen LogP contribution in [0.2, 0.25) is 0 Å². The summed E-state index contributed by atoms with van der Waals surface area (Å²) >= 11 is 3.48. The molecule has 5 heteroatoms. The van der Waals surface area contributed by atoms with Crippen molar-refractivity contribution in [1.82, 2.24) is 15.0 Å². The fourth-order valence-corrected chi connectivity index (χ4v) is 1.85. The highest BCUT2D eigenvalue weighted by Gasteiger charge is 2.06. The first-order chi connectivity index (χ1) is 8.69. The molecule has 0 aliphatic carbocycles. The molecule has 0 N–H and O–H groups in total. The highest BCUT2D eigenvalue weighted by Crippen LogP contribution is 2.18. The van der Waals surface area contributed by atoms with Crippen LogP contribution >= 0.6 is 15.9 Å². The molecule has 96 valence electrons. The van der Waals surface area contributed by atoms with Crippen molar-refractivity contribution in [3.8, 4) is 5.75 Å². The van der Waals surface area contributed by atoms with Crippen LogP contribution in [-0.4, -0.2) is 22.1 Å². The van der Waals surface area contributed by atoms with Gasteiger partial charge < -0.3 is 4.74 Å². The number of ether oxygens (including phenoxy) is 1. The van der Waals surface area contributed by atoms with Crippen molar-refractivity contribution in [1.29, 1.82) is 0 Å². The molecule has 4 nitrogen and oxygen atoms in total. The number of nitrogens with zero attached hydrogens (tertiary/aromatic N) is 3.